The lowest BCUT2D eigenvalue weighted by Crippen LogP contribution is -1.97. The molecule has 0 amide bonds. The summed E-state index contributed by atoms with van der Waals surface area (Å²) in [6, 6.07) is 15.3. The Balaban J connectivity index is 0.000000220. The number of rotatable bonds is 4. The number of benzene rings is 2. The van der Waals surface area contributed by atoms with Gasteiger partial charge in [0.15, 0.2) is 0 Å². The molecular weight excluding hydrogens is 319 g/mol. The van der Waals surface area contributed by atoms with Gasteiger partial charge in [0.25, 0.3) is 0 Å². The molecular formula is C18H22Cl2O2. The van der Waals surface area contributed by atoms with Gasteiger partial charge in [0.05, 0.1) is 18.1 Å². The Labute approximate surface area is 142 Å². The van der Waals surface area contributed by atoms with Crippen molar-refractivity contribution in [2.75, 3.05) is 0 Å². The Kier molecular flexibility index (Phi) is 8.51. The number of alkyl halides is 2. The molecule has 0 aliphatic rings. The largest absolute Gasteiger partial charge is 0.392 e. The SMILES string of the molecule is CC(Cl)c1ccccc1CCl.CC(O)c1ccccc1CO. The molecule has 0 bridgehead atoms. The first-order chi connectivity index (χ1) is 10.5. The van der Waals surface area contributed by atoms with Crippen molar-refractivity contribution in [3.8, 4) is 0 Å². The molecule has 0 spiro atoms. The number of aliphatic hydroxyl groups is 2. The average molecular weight is 341 g/mol. The molecule has 2 nitrogen and oxygen atoms in total. The minimum Gasteiger partial charge on any atom is -0.392 e. The Morgan fingerprint density at radius 2 is 1.41 bits per heavy atom. The van der Waals surface area contributed by atoms with Crippen LogP contribution in [0.2, 0.25) is 0 Å². The van der Waals surface area contributed by atoms with Gasteiger partial charge in [-0.05, 0) is 36.1 Å². The second-order valence-electron chi connectivity index (χ2n) is 4.98. The minimum atomic E-state index is -0.502. The molecule has 2 aromatic carbocycles. The van der Waals surface area contributed by atoms with Crippen LogP contribution in [0.3, 0.4) is 0 Å². The summed E-state index contributed by atoms with van der Waals surface area (Å²) >= 11 is 11.6. The highest BCUT2D eigenvalue weighted by atomic mass is 35.5. The van der Waals surface area contributed by atoms with E-state index in [9.17, 15) is 5.11 Å². The van der Waals surface area contributed by atoms with Crippen molar-refractivity contribution in [2.45, 2.75) is 37.8 Å². The minimum absolute atomic E-state index is 0.0128. The summed E-state index contributed by atoms with van der Waals surface area (Å²) in [5.41, 5.74) is 3.85. The van der Waals surface area contributed by atoms with E-state index in [1.807, 2.05) is 55.5 Å². The highest BCUT2D eigenvalue weighted by Crippen LogP contribution is 2.24. The number of aliphatic hydroxyl groups excluding tert-OH is 2. The fourth-order valence-corrected chi connectivity index (χ4v) is 2.59. The normalized spacial score (nSPS) is 13.0. The van der Waals surface area contributed by atoms with Crippen LogP contribution in [0.1, 0.15) is 47.6 Å². The Bertz CT molecular complexity index is 517. The highest BCUT2D eigenvalue weighted by molar-refractivity contribution is 6.21. The van der Waals surface area contributed by atoms with Gasteiger partial charge in [0.1, 0.15) is 0 Å². The topological polar surface area (TPSA) is 40.5 Å². The molecule has 120 valence electrons. The van der Waals surface area contributed by atoms with Crippen molar-refractivity contribution < 1.29 is 10.2 Å². The summed E-state index contributed by atoms with van der Waals surface area (Å²) in [6.45, 7) is 3.63. The van der Waals surface area contributed by atoms with Gasteiger partial charge in [-0.25, -0.2) is 0 Å². The van der Waals surface area contributed by atoms with Crippen molar-refractivity contribution in [2.24, 2.45) is 0 Å². The third kappa shape index (κ3) is 5.62. The molecule has 0 heterocycles. The van der Waals surface area contributed by atoms with E-state index in [1.165, 1.54) is 0 Å². The van der Waals surface area contributed by atoms with Crippen LogP contribution < -0.4 is 0 Å². The Morgan fingerprint density at radius 3 is 1.77 bits per heavy atom. The standard InChI is InChI=1S/C9H10Cl2.C9H12O2/c2*1-7(11)9-5-3-2-4-8(9)6-10/h2-5,7H,6H2,1H3;2-5,7,10-11H,6H2,1H3. The van der Waals surface area contributed by atoms with Gasteiger partial charge in [-0.3, -0.25) is 0 Å². The van der Waals surface area contributed by atoms with Gasteiger partial charge in [-0.2, -0.15) is 0 Å². The molecule has 0 aliphatic carbocycles. The van der Waals surface area contributed by atoms with E-state index in [0.29, 0.717) is 5.88 Å². The summed E-state index contributed by atoms with van der Waals surface area (Å²) in [7, 11) is 0. The van der Waals surface area contributed by atoms with Crippen LogP contribution in [0.4, 0.5) is 0 Å². The van der Waals surface area contributed by atoms with Crippen molar-refractivity contribution in [3.05, 3.63) is 70.8 Å². The van der Waals surface area contributed by atoms with Crippen molar-refractivity contribution in [3.63, 3.8) is 0 Å². The zero-order valence-electron chi connectivity index (χ0n) is 12.8. The van der Waals surface area contributed by atoms with E-state index < -0.39 is 6.10 Å². The molecule has 0 saturated carbocycles. The van der Waals surface area contributed by atoms with Gasteiger partial charge >= 0.3 is 0 Å². The van der Waals surface area contributed by atoms with E-state index >= 15 is 0 Å². The number of halogens is 2. The van der Waals surface area contributed by atoms with Crippen LogP contribution in [0.25, 0.3) is 0 Å². The van der Waals surface area contributed by atoms with Crippen LogP contribution in [-0.2, 0) is 12.5 Å². The summed E-state index contributed by atoms with van der Waals surface area (Å²) in [4.78, 5) is 0. The van der Waals surface area contributed by atoms with E-state index in [-0.39, 0.29) is 12.0 Å². The first-order valence-corrected chi connectivity index (χ1v) is 8.12. The monoisotopic (exact) mass is 340 g/mol. The van der Waals surface area contributed by atoms with Gasteiger partial charge in [0, 0.05) is 5.88 Å². The van der Waals surface area contributed by atoms with E-state index in [0.717, 1.165) is 22.3 Å². The van der Waals surface area contributed by atoms with Crippen molar-refractivity contribution in [1.29, 1.82) is 0 Å². The first kappa shape index (κ1) is 19.0. The lowest BCUT2D eigenvalue weighted by Gasteiger charge is -2.08. The molecule has 2 atom stereocenters. The predicted octanol–water partition coefficient (Wildman–Crippen LogP) is 4.96. The third-order valence-corrected chi connectivity index (χ3v) is 3.83. The summed E-state index contributed by atoms with van der Waals surface area (Å²) in [6.07, 6.45) is -0.502. The van der Waals surface area contributed by atoms with Crippen LogP contribution in [0.5, 0.6) is 0 Å². The molecule has 4 heteroatoms. The van der Waals surface area contributed by atoms with E-state index in [1.54, 1.807) is 6.92 Å². The number of hydrogen-bond donors (Lipinski definition) is 2. The lowest BCUT2D eigenvalue weighted by atomic mass is 10.0. The van der Waals surface area contributed by atoms with Crippen LogP contribution >= 0.6 is 23.2 Å². The van der Waals surface area contributed by atoms with Crippen LogP contribution in [0.15, 0.2) is 48.5 Å². The van der Waals surface area contributed by atoms with Gasteiger partial charge < -0.3 is 10.2 Å². The maximum absolute atomic E-state index is 9.22. The van der Waals surface area contributed by atoms with Crippen molar-refractivity contribution in [1.82, 2.24) is 0 Å². The molecule has 0 radical (unpaired) electrons. The quantitative estimate of drug-likeness (QED) is 0.772. The second-order valence-corrected chi connectivity index (χ2v) is 5.90. The fraction of sp³-hybridized carbons (Fsp3) is 0.333. The van der Waals surface area contributed by atoms with E-state index in [4.69, 9.17) is 28.3 Å². The predicted molar refractivity (Wildman–Crippen MR) is 93.3 cm³/mol. The summed E-state index contributed by atoms with van der Waals surface area (Å²) < 4.78 is 0. The highest BCUT2D eigenvalue weighted by Gasteiger charge is 2.05. The molecule has 2 N–H and O–H groups in total. The second kappa shape index (κ2) is 9.86. The van der Waals surface area contributed by atoms with Gasteiger partial charge in [-0.1, -0.05) is 48.5 Å². The van der Waals surface area contributed by atoms with Crippen molar-refractivity contribution >= 4 is 23.2 Å². The first-order valence-electron chi connectivity index (χ1n) is 7.15. The molecule has 0 fully saturated rings. The molecule has 0 aliphatic heterocycles. The van der Waals surface area contributed by atoms with Gasteiger partial charge in [-0.15, -0.1) is 23.2 Å². The molecule has 2 unspecified atom stereocenters. The van der Waals surface area contributed by atoms with Crippen LogP contribution in [0, 0.1) is 0 Å². The smallest absolute Gasteiger partial charge is 0.0765 e. The molecule has 0 saturated heterocycles. The zero-order chi connectivity index (χ0) is 16.5. The Hall–Kier alpha value is -1.06. The van der Waals surface area contributed by atoms with E-state index in [2.05, 4.69) is 0 Å². The van der Waals surface area contributed by atoms with Crippen LogP contribution in [-0.4, -0.2) is 10.2 Å². The fourth-order valence-electron chi connectivity index (χ4n) is 2.13. The van der Waals surface area contributed by atoms with Gasteiger partial charge in [0.2, 0.25) is 0 Å². The molecule has 2 aromatic rings. The molecule has 0 aromatic heterocycles. The summed E-state index contributed by atoms with van der Waals surface area (Å²) in [5, 5.41) is 18.1. The Morgan fingerprint density at radius 1 is 0.909 bits per heavy atom. The molecule has 2 rings (SSSR count). The lowest BCUT2D eigenvalue weighted by molar-refractivity contribution is 0.193. The summed E-state index contributed by atoms with van der Waals surface area (Å²) in [5.74, 6) is 0.535. The maximum atomic E-state index is 9.22. The number of hydrogen-bond acceptors (Lipinski definition) is 2. The zero-order valence-corrected chi connectivity index (χ0v) is 14.3. The third-order valence-electron chi connectivity index (χ3n) is 3.30. The maximum Gasteiger partial charge on any atom is 0.0765 e. The molecule has 22 heavy (non-hydrogen) atoms. The average Bonchev–Trinajstić information content (AvgIpc) is 2.55.